The van der Waals surface area contributed by atoms with Crippen molar-refractivity contribution in [3.05, 3.63) is 29.8 Å². The van der Waals surface area contributed by atoms with Crippen molar-refractivity contribution in [3.63, 3.8) is 0 Å². The summed E-state index contributed by atoms with van der Waals surface area (Å²) >= 11 is 1.52. The van der Waals surface area contributed by atoms with Gasteiger partial charge in [-0.2, -0.15) is 0 Å². The zero-order valence-corrected chi connectivity index (χ0v) is 15.9. The highest BCUT2D eigenvalue weighted by molar-refractivity contribution is 7.99. The molecule has 1 saturated heterocycles. The number of hydrogen-bond acceptors (Lipinski definition) is 4. The van der Waals surface area contributed by atoms with Gasteiger partial charge in [0.2, 0.25) is 5.91 Å². The van der Waals surface area contributed by atoms with Crippen molar-refractivity contribution in [1.29, 1.82) is 0 Å². The molecular formula is C19H27NO4S. The normalized spacial score (nSPS) is 21.2. The zero-order chi connectivity index (χ0) is 18.4. The van der Waals surface area contributed by atoms with Crippen LogP contribution < -0.4 is 4.74 Å². The molecule has 0 saturated carbocycles. The fourth-order valence-electron chi connectivity index (χ4n) is 3.15. The Morgan fingerprint density at radius 2 is 2.00 bits per heavy atom. The molecule has 1 fully saturated rings. The average Bonchev–Trinajstić information content (AvgIpc) is 3.07. The van der Waals surface area contributed by atoms with E-state index in [1.807, 2.05) is 31.2 Å². The lowest BCUT2D eigenvalue weighted by molar-refractivity contribution is -0.151. The van der Waals surface area contributed by atoms with E-state index in [0.717, 1.165) is 37.0 Å². The highest BCUT2D eigenvalue weighted by atomic mass is 32.2. The van der Waals surface area contributed by atoms with Gasteiger partial charge in [-0.05, 0) is 30.5 Å². The number of methoxy groups -OCH3 is 1. The maximum Gasteiger partial charge on any atom is 0.327 e. The van der Waals surface area contributed by atoms with Crippen LogP contribution >= 0.6 is 11.8 Å². The lowest BCUT2D eigenvalue weighted by Crippen LogP contribution is -2.45. The van der Waals surface area contributed by atoms with Crippen LogP contribution in [0.25, 0.3) is 0 Å². The Labute approximate surface area is 153 Å². The predicted octanol–water partition coefficient (Wildman–Crippen LogP) is 3.94. The summed E-state index contributed by atoms with van der Waals surface area (Å²) in [4.78, 5) is 26.4. The lowest BCUT2D eigenvalue weighted by Gasteiger charge is -2.31. The van der Waals surface area contributed by atoms with Gasteiger partial charge in [-0.1, -0.05) is 38.8 Å². The van der Waals surface area contributed by atoms with E-state index in [-0.39, 0.29) is 17.2 Å². The molecule has 0 radical (unpaired) electrons. The number of carbonyl (C=O) groups excluding carboxylic acids is 1. The van der Waals surface area contributed by atoms with Gasteiger partial charge in [-0.25, -0.2) is 4.79 Å². The van der Waals surface area contributed by atoms with Crippen molar-refractivity contribution in [2.75, 3.05) is 12.9 Å². The van der Waals surface area contributed by atoms with Gasteiger partial charge < -0.3 is 14.7 Å². The molecule has 1 N–H and O–H groups in total. The van der Waals surface area contributed by atoms with Crippen LogP contribution in [-0.2, 0) is 9.59 Å². The van der Waals surface area contributed by atoms with E-state index in [1.54, 1.807) is 12.0 Å². The second-order valence-corrected chi connectivity index (χ2v) is 7.42. The molecule has 1 amide bonds. The first-order valence-corrected chi connectivity index (χ1v) is 9.88. The predicted molar refractivity (Wildman–Crippen MR) is 99.8 cm³/mol. The first kappa shape index (κ1) is 19.6. The van der Waals surface area contributed by atoms with Gasteiger partial charge in [0, 0.05) is 11.7 Å². The van der Waals surface area contributed by atoms with Crippen LogP contribution in [0.5, 0.6) is 5.75 Å². The largest absolute Gasteiger partial charge is 0.497 e. The number of carboxylic acids is 1. The second-order valence-electron chi connectivity index (χ2n) is 6.31. The fraction of sp³-hybridized carbons (Fsp3) is 0.579. The zero-order valence-electron chi connectivity index (χ0n) is 15.1. The van der Waals surface area contributed by atoms with Gasteiger partial charge in [0.15, 0.2) is 0 Å². The highest BCUT2D eigenvalue weighted by Gasteiger charge is 2.43. The van der Waals surface area contributed by atoms with Crippen LogP contribution in [0.2, 0.25) is 0 Å². The van der Waals surface area contributed by atoms with Crippen LogP contribution in [-0.4, -0.2) is 40.8 Å². The molecule has 3 unspecified atom stereocenters. The van der Waals surface area contributed by atoms with Crippen molar-refractivity contribution in [2.45, 2.75) is 50.9 Å². The molecule has 0 bridgehead atoms. The molecule has 2 rings (SSSR count). The number of nitrogens with zero attached hydrogens (tertiary/aromatic N) is 1. The smallest absolute Gasteiger partial charge is 0.327 e. The quantitative estimate of drug-likeness (QED) is 0.756. The summed E-state index contributed by atoms with van der Waals surface area (Å²) in [7, 11) is 1.61. The number of benzene rings is 1. The molecule has 6 heteroatoms. The van der Waals surface area contributed by atoms with Crippen molar-refractivity contribution >= 4 is 23.6 Å². The molecular weight excluding hydrogens is 338 g/mol. The molecule has 0 aromatic heterocycles. The van der Waals surface area contributed by atoms with E-state index in [9.17, 15) is 14.7 Å². The number of thioether (sulfide) groups is 1. The first-order chi connectivity index (χ1) is 12.0. The number of carbonyl (C=O) groups is 2. The maximum absolute atomic E-state index is 13.1. The lowest BCUT2D eigenvalue weighted by atomic mass is 9.96. The summed E-state index contributed by atoms with van der Waals surface area (Å²) in [6.45, 7) is 4.10. The Balaban J connectivity index is 2.28. The Morgan fingerprint density at radius 1 is 1.32 bits per heavy atom. The van der Waals surface area contributed by atoms with Gasteiger partial charge >= 0.3 is 5.97 Å². The minimum Gasteiger partial charge on any atom is -0.497 e. The minimum absolute atomic E-state index is 0.0332. The molecule has 1 aromatic carbocycles. The number of amides is 1. The Kier molecular flexibility index (Phi) is 7.17. The SMILES string of the molecule is CCCCC(CC)C(=O)N1C(C(=O)O)CSC1c1ccc(OC)cc1. The van der Waals surface area contributed by atoms with Gasteiger partial charge in [0.05, 0.1) is 7.11 Å². The number of ether oxygens (including phenoxy) is 1. The summed E-state index contributed by atoms with van der Waals surface area (Å²) in [6.07, 6.45) is 3.56. The standard InChI is InChI=1S/C19H27NO4S/c1-4-6-7-13(5-2)17(21)20-16(19(22)23)12-25-18(20)14-8-10-15(24-3)11-9-14/h8-11,13,16,18H,4-7,12H2,1-3H3,(H,22,23). The van der Waals surface area contributed by atoms with Crippen molar-refractivity contribution in [2.24, 2.45) is 5.92 Å². The van der Waals surface area contributed by atoms with Gasteiger partial charge in [-0.3, -0.25) is 4.79 Å². The summed E-state index contributed by atoms with van der Waals surface area (Å²) in [6, 6.07) is 6.75. The number of aliphatic carboxylic acids is 1. The average molecular weight is 365 g/mol. The van der Waals surface area contributed by atoms with Crippen LogP contribution in [0.15, 0.2) is 24.3 Å². The van der Waals surface area contributed by atoms with Gasteiger partial charge in [-0.15, -0.1) is 11.8 Å². The van der Waals surface area contributed by atoms with E-state index >= 15 is 0 Å². The number of carboxylic acid groups (broad SMARTS) is 1. The molecule has 1 aliphatic rings. The fourth-order valence-corrected chi connectivity index (χ4v) is 4.58. The maximum atomic E-state index is 13.1. The molecule has 138 valence electrons. The third-order valence-electron chi connectivity index (χ3n) is 4.69. The Hall–Kier alpha value is -1.69. The number of rotatable bonds is 8. The molecule has 1 aliphatic heterocycles. The second kappa shape index (κ2) is 9.13. The van der Waals surface area contributed by atoms with E-state index in [4.69, 9.17) is 4.74 Å². The molecule has 0 spiro atoms. The third-order valence-corrected chi connectivity index (χ3v) is 6.01. The van der Waals surface area contributed by atoms with Crippen LogP contribution in [0.3, 0.4) is 0 Å². The van der Waals surface area contributed by atoms with E-state index < -0.39 is 12.0 Å². The van der Waals surface area contributed by atoms with Crippen molar-refractivity contribution in [3.8, 4) is 5.75 Å². The molecule has 0 aliphatic carbocycles. The van der Waals surface area contributed by atoms with Crippen molar-refractivity contribution < 1.29 is 19.4 Å². The van der Waals surface area contributed by atoms with Gasteiger partial charge in [0.25, 0.3) is 0 Å². The Morgan fingerprint density at radius 3 is 2.52 bits per heavy atom. The van der Waals surface area contributed by atoms with Crippen LogP contribution in [0.1, 0.15) is 50.5 Å². The monoisotopic (exact) mass is 365 g/mol. The van der Waals surface area contributed by atoms with E-state index in [0.29, 0.717) is 5.75 Å². The molecule has 5 nitrogen and oxygen atoms in total. The Bertz CT molecular complexity index is 590. The first-order valence-electron chi connectivity index (χ1n) is 8.83. The number of unbranched alkanes of at least 4 members (excludes halogenated alkanes) is 1. The highest BCUT2D eigenvalue weighted by Crippen LogP contribution is 2.43. The number of hydrogen-bond donors (Lipinski definition) is 1. The molecule has 3 atom stereocenters. The molecule has 1 aromatic rings. The molecule has 1 heterocycles. The van der Waals surface area contributed by atoms with E-state index in [2.05, 4.69) is 6.92 Å². The summed E-state index contributed by atoms with van der Waals surface area (Å²) in [5.41, 5.74) is 0.938. The van der Waals surface area contributed by atoms with Crippen molar-refractivity contribution in [1.82, 2.24) is 4.90 Å². The summed E-state index contributed by atoms with van der Waals surface area (Å²) in [5, 5.41) is 9.33. The summed E-state index contributed by atoms with van der Waals surface area (Å²) < 4.78 is 5.18. The van der Waals surface area contributed by atoms with Crippen LogP contribution in [0, 0.1) is 5.92 Å². The summed E-state index contributed by atoms with van der Waals surface area (Å²) in [5.74, 6) is 0.0912. The molecule has 25 heavy (non-hydrogen) atoms. The van der Waals surface area contributed by atoms with Crippen LogP contribution in [0.4, 0.5) is 0 Å². The van der Waals surface area contributed by atoms with Gasteiger partial charge in [0.1, 0.15) is 17.2 Å². The minimum atomic E-state index is -0.929. The topological polar surface area (TPSA) is 66.8 Å². The third kappa shape index (κ3) is 4.48. The van der Waals surface area contributed by atoms with E-state index in [1.165, 1.54) is 11.8 Å².